The zero-order valence-corrected chi connectivity index (χ0v) is 11.7. The lowest BCUT2D eigenvalue weighted by Gasteiger charge is -2.19. The highest BCUT2D eigenvalue weighted by molar-refractivity contribution is 5.79. The fourth-order valence-corrected chi connectivity index (χ4v) is 1.69. The molecule has 0 spiro atoms. The van der Waals surface area contributed by atoms with E-state index in [2.05, 4.69) is 5.32 Å². The fourth-order valence-electron chi connectivity index (χ4n) is 1.69. The average Bonchev–Trinajstić information content (AvgIpc) is 2.26. The van der Waals surface area contributed by atoms with Gasteiger partial charge in [-0.2, -0.15) is 0 Å². The van der Waals surface area contributed by atoms with E-state index in [1.165, 1.54) is 0 Å². The summed E-state index contributed by atoms with van der Waals surface area (Å²) in [6, 6.07) is -0.878. The van der Waals surface area contributed by atoms with Crippen molar-refractivity contribution in [3.63, 3.8) is 0 Å². The lowest BCUT2D eigenvalue weighted by atomic mass is 10.0. The molecule has 0 fully saturated rings. The summed E-state index contributed by atoms with van der Waals surface area (Å²) < 4.78 is 5.19. The lowest BCUT2D eigenvalue weighted by molar-refractivity contribution is -0.139. The summed E-state index contributed by atoms with van der Waals surface area (Å²) in [5.41, 5.74) is 0. The molecule has 2 unspecified atom stereocenters. The van der Waals surface area contributed by atoms with Crippen LogP contribution in [-0.2, 0) is 9.53 Å². The van der Waals surface area contributed by atoms with Crippen molar-refractivity contribution >= 4 is 12.1 Å². The summed E-state index contributed by atoms with van der Waals surface area (Å²) in [7, 11) is 0. The van der Waals surface area contributed by atoms with Gasteiger partial charge in [-0.25, -0.2) is 9.59 Å². The summed E-state index contributed by atoms with van der Waals surface area (Å²) in [4.78, 5) is 22.6. The average molecular weight is 259 g/mol. The van der Waals surface area contributed by atoms with Crippen LogP contribution in [0.3, 0.4) is 0 Å². The van der Waals surface area contributed by atoms with Crippen molar-refractivity contribution in [1.29, 1.82) is 0 Å². The zero-order valence-electron chi connectivity index (χ0n) is 11.7. The summed E-state index contributed by atoms with van der Waals surface area (Å²) in [6.07, 6.45) is 2.09. The van der Waals surface area contributed by atoms with Crippen LogP contribution in [0, 0.1) is 5.92 Å². The molecular formula is C13H25NO4. The molecule has 0 rings (SSSR count). The third-order valence-corrected chi connectivity index (χ3v) is 2.64. The maximum absolute atomic E-state index is 11.6. The van der Waals surface area contributed by atoms with Crippen LogP contribution >= 0.6 is 0 Å². The highest BCUT2D eigenvalue weighted by Crippen LogP contribution is 2.09. The first kappa shape index (κ1) is 16.7. The Morgan fingerprint density at radius 1 is 1.28 bits per heavy atom. The summed E-state index contributed by atoms with van der Waals surface area (Å²) in [5, 5.41) is 11.4. The molecule has 0 heterocycles. The van der Waals surface area contributed by atoms with Crippen LogP contribution in [0.1, 0.15) is 53.4 Å². The number of hydrogen-bond donors (Lipinski definition) is 2. The van der Waals surface area contributed by atoms with Crippen molar-refractivity contribution in [2.45, 2.75) is 65.5 Å². The van der Waals surface area contributed by atoms with Crippen LogP contribution in [0.4, 0.5) is 4.79 Å². The molecule has 18 heavy (non-hydrogen) atoms. The van der Waals surface area contributed by atoms with E-state index in [4.69, 9.17) is 9.84 Å². The van der Waals surface area contributed by atoms with Crippen molar-refractivity contribution in [3.8, 4) is 0 Å². The number of ether oxygens (including phenoxy) is 1. The van der Waals surface area contributed by atoms with Crippen LogP contribution in [0.5, 0.6) is 0 Å². The Morgan fingerprint density at radius 2 is 1.89 bits per heavy atom. The number of nitrogens with one attached hydrogen (secondary N) is 1. The molecule has 0 saturated carbocycles. The highest BCUT2D eigenvalue weighted by atomic mass is 16.6. The van der Waals surface area contributed by atoms with Crippen LogP contribution in [0.25, 0.3) is 0 Å². The first-order chi connectivity index (χ1) is 8.40. The molecule has 0 saturated heterocycles. The molecule has 5 heteroatoms. The van der Waals surface area contributed by atoms with Gasteiger partial charge in [0.15, 0.2) is 0 Å². The minimum Gasteiger partial charge on any atom is -0.480 e. The number of carbonyl (C=O) groups is 2. The third kappa shape index (κ3) is 7.14. The van der Waals surface area contributed by atoms with Crippen molar-refractivity contribution in [2.24, 2.45) is 5.92 Å². The Bertz CT molecular complexity index is 266. The second-order valence-corrected chi connectivity index (χ2v) is 4.89. The van der Waals surface area contributed by atoms with E-state index in [1.54, 1.807) is 0 Å². The first-order valence-corrected chi connectivity index (χ1v) is 6.60. The van der Waals surface area contributed by atoms with Gasteiger partial charge in [0.2, 0.25) is 0 Å². The molecule has 2 atom stereocenters. The summed E-state index contributed by atoms with van der Waals surface area (Å²) in [6.45, 7) is 7.78. The van der Waals surface area contributed by atoms with Gasteiger partial charge in [-0.3, -0.25) is 0 Å². The van der Waals surface area contributed by atoms with E-state index in [0.29, 0.717) is 6.42 Å². The SMILES string of the molecule is CCCC(CC)OC(=O)NC(CC(C)C)C(=O)O. The number of carboxylic acid groups (broad SMARTS) is 1. The Kier molecular flexibility index (Phi) is 8.16. The van der Waals surface area contributed by atoms with Gasteiger partial charge in [0.05, 0.1) is 0 Å². The smallest absolute Gasteiger partial charge is 0.408 e. The van der Waals surface area contributed by atoms with E-state index < -0.39 is 18.1 Å². The molecule has 0 aromatic heterocycles. The molecule has 0 aromatic carbocycles. The van der Waals surface area contributed by atoms with Gasteiger partial charge >= 0.3 is 12.1 Å². The second kappa shape index (κ2) is 8.78. The predicted octanol–water partition coefficient (Wildman–Crippen LogP) is 2.79. The molecule has 0 aliphatic carbocycles. The number of hydrogen-bond acceptors (Lipinski definition) is 3. The van der Waals surface area contributed by atoms with Gasteiger partial charge in [-0.1, -0.05) is 34.1 Å². The van der Waals surface area contributed by atoms with Gasteiger partial charge < -0.3 is 15.2 Å². The van der Waals surface area contributed by atoms with E-state index in [-0.39, 0.29) is 12.0 Å². The molecule has 1 amide bonds. The molecule has 0 aliphatic heterocycles. The summed E-state index contributed by atoms with van der Waals surface area (Å²) >= 11 is 0. The second-order valence-electron chi connectivity index (χ2n) is 4.89. The van der Waals surface area contributed by atoms with Crippen LogP contribution < -0.4 is 5.32 Å². The number of carboxylic acids is 1. The standard InChI is InChI=1S/C13H25NO4/c1-5-7-10(6-2)18-13(17)14-11(12(15)16)8-9(3)4/h9-11H,5-8H2,1-4H3,(H,14,17)(H,15,16). The maximum atomic E-state index is 11.6. The number of alkyl carbamates (subject to hydrolysis) is 1. The minimum atomic E-state index is -1.02. The number of rotatable bonds is 8. The van der Waals surface area contributed by atoms with Gasteiger partial charge in [-0.05, 0) is 25.2 Å². The van der Waals surface area contributed by atoms with Crippen LogP contribution in [-0.4, -0.2) is 29.3 Å². The normalized spacial score (nSPS) is 14.1. The molecule has 5 nitrogen and oxygen atoms in total. The van der Waals surface area contributed by atoms with Crippen molar-refractivity contribution in [1.82, 2.24) is 5.32 Å². The van der Waals surface area contributed by atoms with Gasteiger partial charge in [0.25, 0.3) is 0 Å². The topological polar surface area (TPSA) is 75.6 Å². The van der Waals surface area contributed by atoms with E-state index in [0.717, 1.165) is 19.3 Å². The molecule has 0 aromatic rings. The third-order valence-electron chi connectivity index (χ3n) is 2.64. The molecule has 2 N–H and O–H groups in total. The molecular weight excluding hydrogens is 234 g/mol. The molecule has 0 bridgehead atoms. The lowest BCUT2D eigenvalue weighted by Crippen LogP contribution is -2.43. The number of carbonyl (C=O) groups excluding carboxylic acids is 1. The maximum Gasteiger partial charge on any atom is 0.408 e. The van der Waals surface area contributed by atoms with Crippen molar-refractivity contribution in [2.75, 3.05) is 0 Å². The van der Waals surface area contributed by atoms with E-state index >= 15 is 0 Å². The number of aliphatic carboxylic acids is 1. The Labute approximate surface area is 109 Å². The Hall–Kier alpha value is -1.26. The quantitative estimate of drug-likeness (QED) is 0.702. The van der Waals surface area contributed by atoms with Gasteiger partial charge in [-0.15, -0.1) is 0 Å². The van der Waals surface area contributed by atoms with Gasteiger partial charge in [0, 0.05) is 0 Å². The van der Waals surface area contributed by atoms with Gasteiger partial charge in [0.1, 0.15) is 12.1 Å². The Morgan fingerprint density at radius 3 is 2.28 bits per heavy atom. The predicted molar refractivity (Wildman–Crippen MR) is 69.5 cm³/mol. The largest absolute Gasteiger partial charge is 0.480 e. The van der Waals surface area contributed by atoms with Crippen molar-refractivity contribution in [3.05, 3.63) is 0 Å². The van der Waals surface area contributed by atoms with Crippen LogP contribution in [0.15, 0.2) is 0 Å². The number of amides is 1. The molecule has 0 radical (unpaired) electrons. The minimum absolute atomic E-state index is 0.136. The van der Waals surface area contributed by atoms with E-state index in [1.807, 2.05) is 27.7 Å². The first-order valence-electron chi connectivity index (χ1n) is 6.60. The monoisotopic (exact) mass is 259 g/mol. The molecule has 106 valence electrons. The zero-order chi connectivity index (χ0) is 14.1. The van der Waals surface area contributed by atoms with Crippen molar-refractivity contribution < 1.29 is 19.4 Å². The van der Waals surface area contributed by atoms with Crippen LogP contribution in [0.2, 0.25) is 0 Å². The fraction of sp³-hybridized carbons (Fsp3) is 0.846. The van der Waals surface area contributed by atoms with E-state index in [9.17, 15) is 9.59 Å². The summed E-state index contributed by atoms with van der Waals surface area (Å²) in [5.74, 6) is -0.826. The molecule has 0 aliphatic rings. The Balaban J connectivity index is 4.28. The highest BCUT2D eigenvalue weighted by Gasteiger charge is 2.22.